The minimum Gasteiger partial charge on any atom is -0.456 e. The number of fused-ring (bicyclic) bond motifs is 12. The van der Waals surface area contributed by atoms with Gasteiger partial charge in [-0.05, 0) is 88.0 Å². The van der Waals surface area contributed by atoms with Crippen molar-refractivity contribution in [3.8, 4) is 11.1 Å². The number of hydrogen-bond acceptors (Lipinski definition) is 3. The van der Waals surface area contributed by atoms with E-state index in [2.05, 4.69) is 163 Å². The highest BCUT2D eigenvalue weighted by atomic mass is 32.2. The van der Waals surface area contributed by atoms with E-state index in [0.29, 0.717) is 0 Å². The first kappa shape index (κ1) is 25.8. The Hall–Kier alpha value is -5.51. The second-order valence-corrected chi connectivity index (χ2v) is 13.2. The smallest absolute Gasteiger partial charge is 0.136 e. The number of furan rings is 1. The average Bonchev–Trinajstić information content (AvgIpc) is 3.62. The molecule has 0 unspecified atom stereocenters. The van der Waals surface area contributed by atoms with Crippen LogP contribution in [-0.4, -0.2) is 0 Å². The summed E-state index contributed by atoms with van der Waals surface area (Å²) in [6.07, 6.45) is 0. The Balaban J connectivity index is 1.29. The first-order valence-electron chi connectivity index (χ1n) is 15.7. The van der Waals surface area contributed by atoms with Crippen molar-refractivity contribution < 1.29 is 4.42 Å². The molecule has 1 spiro atoms. The van der Waals surface area contributed by atoms with Gasteiger partial charge in [-0.3, -0.25) is 0 Å². The van der Waals surface area contributed by atoms with Gasteiger partial charge < -0.3 is 9.32 Å². The number of nitrogens with zero attached hydrogens (tertiary/aromatic N) is 1. The van der Waals surface area contributed by atoms with E-state index < -0.39 is 5.41 Å². The van der Waals surface area contributed by atoms with Gasteiger partial charge in [-0.25, -0.2) is 0 Å². The molecule has 0 fully saturated rings. The molecule has 0 saturated heterocycles. The molecular weight excluding hydrogens is 579 g/mol. The molecule has 1 aromatic heterocycles. The molecule has 0 atom stereocenters. The summed E-state index contributed by atoms with van der Waals surface area (Å²) in [4.78, 5) is 4.83. The van der Waals surface area contributed by atoms with Crippen LogP contribution in [0.25, 0.3) is 33.1 Å². The second kappa shape index (κ2) is 9.74. The van der Waals surface area contributed by atoms with Crippen LogP contribution in [0.2, 0.25) is 0 Å². The predicted octanol–water partition coefficient (Wildman–Crippen LogP) is 11.9. The molecule has 3 heteroatoms. The fraction of sp³-hybridized carbons (Fsp3) is 0.0233. The van der Waals surface area contributed by atoms with Crippen LogP contribution in [0.5, 0.6) is 0 Å². The van der Waals surface area contributed by atoms with Crippen LogP contribution in [-0.2, 0) is 5.41 Å². The van der Waals surface area contributed by atoms with Gasteiger partial charge in [0.05, 0.1) is 5.41 Å². The predicted molar refractivity (Wildman–Crippen MR) is 190 cm³/mol. The third-order valence-electron chi connectivity index (χ3n) is 9.71. The Morgan fingerprint density at radius 2 is 1.00 bits per heavy atom. The monoisotopic (exact) mass is 605 g/mol. The summed E-state index contributed by atoms with van der Waals surface area (Å²) >= 11 is 1.85. The van der Waals surface area contributed by atoms with E-state index in [1.54, 1.807) is 0 Å². The highest BCUT2D eigenvalue weighted by Crippen LogP contribution is 2.63. The van der Waals surface area contributed by atoms with E-state index in [0.717, 1.165) is 39.0 Å². The molecule has 0 saturated carbocycles. The molecule has 0 amide bonds. The Kier molecular flexibility index (Phi) is 5.46. The van der Waals surface area contributed by atoms with Crippen LogP contribution >= 0.6 is 11.8 Å². The van der Waals surface area contributed by atoms with Crippen molar-refractivity contribution in [2.24, 2.45) is 0 Å². The lowest BCUT2D eigenvalue weighted by Crippen LogP contribution is -2.32. The van der Waals surface area contributed by atoms with Gasteiger partial charge in [0.2, 0.25) is 0 Å². The van der Waals surface area contributed by atoms with Crippen LogP contribution in [0.1, 0.15) is 22.3 Å². The molecule has 8 aromatic rings. The summed E-state index contributed by atoms with van der Waals surface area (Å²) in [5, 5.41) is 2.32. The zero-order valence-corrected chi connectivity index (χ0v) is 25.7. The topological polar surface area (TPSA) is 16.4 Å². The van der Waals surface area contributed by atoms with E-state index in [-0.39, 0.29) is 0 Å². The van der Waals surface area contributed by atoms with Gasteiger partial charge in [-0.1, -0.05) is 121 Å². The first-order chi connectivity index (χ1) is 22.8. The van der Waals surface area contributed by atoms with Crippen LogP contribution in [0.3, 0.4) is 0 Å². The molecule has 2 nitrogen and oxygen atoms in total. The fourth-order valence-corrected chi connectivity index (χ4v) is 9.09. The Labute approximate surface area is 271 Å². The molecule has 1 aliphatic carbocycles. The maximum absolute atomic E-state index is 6.45. The molecule has 10 rings (SSSR count). The minimum absolute atomic E-state index is 0.460. The van der Waals surface area contributed by atoms with E-state index in [9.17, 15) is 0 Å². The van der Waals surface area contributed by atoms with E-state index in [1.807, 2.05) is 17.8 Å². The largest absolute Gasteiger partial charge is 0.456 e. The highest BCUT2D eigenvalue weighted by molar-refractivity contribution is 7.99. The first-order valence-corrected chi connectivity index (χ1v) is 16.5. The number of hydrogen-bond donors (Lipinski definition) is 0. The van der Waals surface area contributed by atoms with Crippen molar-refractivity contribution in [2.75, 3.05) is 4.90 Å². The van der Waals surface area contributed by atoms with Crippen LogP contribution < -0.4 is 4.90 Å². The fourth-order valence-electron chi connectivity index (χ4n) is 7.85. The lowest BCUT2D eigenvalue weighted by Gasteiger charge is -2.40. The lowest BCUT2D eigenvalue weighted by molar-refractivity contribution is 0.664. The third-order valence-corrected chi connectivity index (χ3v) is 10.8. The Morgan fingerprint density at radius 1 is 0.413 bits per heavy atom. The van der Waals surface area contributed by atoms with Crippen molar-refractivity contribution in [3.05, 3.63) is 186 Å². The maximum Gasteiger partial charge on any atom is 0.136 e. The SMILES string of the molecule is c1ccc(N(c2ccccc2)c2ccc3c(c2)Sc2cc4oc5ccccc5c4cc2C32c3ccccc3-c3ccccc32)cc1. The summed E-state index contributed by atoms with van der Waals surface area (Å²) in [6, 6.07) is 59.4. The van der Waals surface area contributed by atoms with E-state index in [4.69, 9.17) is 4.42 Å². The van der Waals surface area contributed by atoms with Crippen molar-refractivity contribution in [1.29, 1.82) is 0 Å². The minimum atomic E-state index is -0.460. The van der Waals surface area contributed by atoms with Gasteiger partial charge in [0, 0.05) is 37.6 Å². The molecule has 1 aliphatic heterocycles. The molecule has 0 radical (unpaired) electrons. The Bertz CT molecular complexity index is 2380. The van der Waals surface area contributed by atoms with Crippen molar-refractivity contribution in [3.63, 3.8) is 0 Å². The van der Waals surface area contributed by atoms with Crippen LogP contribution in [0.15, 0.2) is 178 Å². The average molecular weight is 606 g/mol. The van der Waals surface area contributed by atoms with Crippen molar-refractivity contribution in [1.82, 2.24) is 0 Å². The summed E-state index contributed by atoms with van der Waals surface area (Å²) in [5.74, 6) is 0. The zero-order chi connectivity index (χ0) is 30.2. The molecule has 2 aliphatic rings. The van der Waals surface area contributed by atoms with Gasteiger partial charge in [-0.15, -0.1) is 0 Å². The number of para-hydroxylation sites is 3. The number of anilines is 3. The lowest BCUT2D eigenvalue weighted by atomic mass is 9.67. The third kappa shape index (κ3) is 3.49. The molecule has 2 heterocycles. The zero-order valence-electron chi connectivity index (χ0n) is 24.9. The maximum atomic E-state index is 6.45. The van der Waals surface area contributed by atoms with Crippen LogP contribution in [0, 0.1) is 0 Å². The molecule has 0 bridgehead atoms. The van der Waals surface area contributed by atoms with Gasteiger partial charge in [0.15, 0.2) is 0 Å². The van der Waals surface area contributed by atoms with Crippen molar-refractivity contribution in [2.45, 2.75) is 15.2 Å². The summed E-state index contributed by atoms with van der Waals surface area (Å²) in [5.41, 5.74) is 12.7. The summed E-state index contributed by atoms with van der Waals surface area (Å²) in [6.45, 7) is 0. The van der Waals surface area contributed by atoms with Crippen LogP contribution in [0.4, 0.5) is 17.1 Å². The quantitative estimate of drug-likeness (QED) is 0.199. The molecule has 0 N–H and O–H groups in total. The molecule has 7 aromatic carbocycles. The molecular formula is C43H27NOS. The summed E-state index contributed by atoms with van der Waals surface area (Å²) < 4.78 is 6.45. The number of benzene rings is 7. The highest BCUT2D eigenvalue weighted by Gasteiger charge is 2.50. The van der Waals surface area contributed by atoms with Gasteiger partial charge in [0.1, 0.15) is 11.2 Å². The van der Waals surface area contributed by atoms with Gasteiger partial charge >= 0.3 is 0 Å². The molecule has 46 heavy (non-hydrogen) atoms. The number of rotatable bonds is 3. The van der Waals surface area contributed by atoms with Gasteiger partial charge in [0.25, 0.3) is 0 Å². The normalized spacial score (nSPS) is 13.7. The Morgan fingerprint density at radius 3 is 1.70 bits per heavy atom. The molecule has 216 valence electrons. The van der Waals surface area contributed by atoms with Crippen molar-refractivity contribution >= 4 is 50.8 Å². The van der Waals surface area contributed by atoms with E-state index >= 15 is 0 Å². The summed E-state index contributed by atoms with van der Waals surface area (Å²) in [7, 11) is 0. The second-order valence-electron chi connectivity index (χ2n) is 12.1. The van der Waals surface area contributed by atoms with E-state index in [1.165, 1.54) is 43.2 Å². The van der Waals surface area contributed by atoms with Gasteiger partial charge in [-0.2, -0.15) is 0 Å². The standard InChI is InChI=1S/C43H27NOS/c1-3-13-28(14-4-1)44(29-15-5-2-6-16-29)30-23-24-37-41(25-30)46-42-27-40-34(33-19-9-12-22-39(33)45-40)26-38(42)43(37)35-20-10-7-17-31(35)32-18-8-11-21-36(32)43/h1-27H.